The number of nitrogen functional groups attached to an aromatic ring is 1. The Morgan fingerprint density at radius 2 is 2.00 bits per heavy atom. The molecule has 1 amide bonds. The van der Waals surface area contributed by atoms with E-state index in [1.165, 1.54) is 12.1 Å². The normalized spacial score (nSPS) is 10.4. The minimum Gasteiger partial charge on any atom is -0.410 e. The lowest BCUT2D eigenvalue weighted by atomic mass is 10.2. The molecule has 0 saturated carbocycles. The minimum atomic E-state index is -0.564. The zero-order valence-corrected chi connectivity index (χ0v) is 13.9. The third-order valence-corrected chi connectivity index (χ3v) is 4.12. The number of carbonyl (C=O) groups excluding carboxylic acids is 1. The topological polar surface area (TPSA) is 64.3 Å². The van der Waals surface area contributed by atoms with Gasteiger partial charge < -0.3 is 15.8 Å². The Bertz CT molecular complexity index is 690. The van der Waals surface area contributed by atoms with Crippen LogP contribution in [0.1, 0.15) is 18.1 Å². The predicted molar refractivity (Wildman–Crippen MR) is 91.3 cm³/mol. The Balaban J connectivity index is 1.98. The zero-order chi connectivity index (χ0) is 16.8. The molecule has 2 rings (SSSR count). The van der Waals surface area contributed by atoms with Crippen molar-refractivity contribution < 1.29 is 13.9 Å². The van der Waals surface area contributed by atoms with E-state index in [1.807, 2.05) is 13.8 Å². The highest BCUT2D eigenvalue weighted by molar-refractivity contribution is 7.99. The number of carbonyl (C=O) groups is 1. The van der Waals surface area contributed by atoms with Gasteiger partial charge in [0.2, 0.25) is 0 Å². The molecular formula is C17H19FN2O2S. The van der Waals surface area contributed by atoms with E-state index >= 15 is 0 Å². The fourth-order valence-corrected chi connectivity index (χ4v) is 2.81. The average molecular weight is 334 g/mol. The zero-order valence-electron chi connectivity index (χ0n) is 13.1. The standard InChI is InChI=1S/C17H19FN2O2S/c1-3-23-15-9-14(8-11(2)16(15)19)22-17(21)20-10-12-4-6-13(18)7-5-12/h4-9H,3,10,19H2,1-2H3,(H,20,21). The molecule has 0 unspecified atom stereocenters. The second kappa shape index (κ2) is 7.87. The van der Waals surface area contributed by atoms with E-state index in [9.17, 15) is 9.18 Å². The van der Waals surface area contributed by atoms with Crippen molar-refractivity contribution >= 4 is 23.5 Å². The van der Waals surface area contributed by atoms with Crippen LogP contribution in [0.3, 0.4) is 0 Å². The maximum Gasteiger partial charge on any atom is 0.412 e. The van der Waals surface area contributed by atoms with Gasteiger partial charge in [-0.05, 0) is 48.1 Å². The highest BCUT2D eigenvalue weighted by Crippen LogP contribution is 2.32. The van der Waals surface area contributed by atoms with Crippen LogP contribution >= 0.6 is 11.8 Å². The predicted octanol–water partition coefficient (Wildman–Crippen LogP) is 4.12. The highest BCUT2D eigenvalue weighted by Gasteiger charge is 2.10. The van der Waals surface area contributed by atoms with Crippen LogP contribution in [-0.4, -0.2) is 11.8 Å². The smallest absolute Gasteiger partial charge is 0.410 e. The molecule has 0 radical (unpaired) electrons. The van der Waals surface area contributed by atoms with Crippen LogP contribution in [0.2, 0.25) is 0 Å². The summed E-state index contributed by atoms with van der Waals surface area (Å²) in [6.07, 6.45) is -0.564. The number of hydrogen-bond donors (Lipinski definition) is 2. The van der Waals surface area contributed by atoms with Gasteiger partial charge in [-0.2, -0.15) is 0 Å². The van der Waals surface area contributed by atoms with Gasteiger partial charge in [0, 0.05) is 17.1 Å². The largest absolute Gasteiger partial charge is 0.412 e. The molecule has 4 nitrogen and oxygen atoms in total. The lowest BCUT2D eigenvalue weighted by Crippen LogP contribution is -2.26. The Morgan fingerprint density at radius 1 is 1.30 bits per heavy atom. The van der Waals surface area contributed by atoms with Crippen LogP contribution in [0.15, 0.2) is 41.3 Å². The van der Waals surface area contributed by atoms with E-state index < -0.39 is 6.09 Å². The lowest BCUT2D eigenvalue weighted by Gasteiger charge is -2.12. The first kappa shape index (κ1) is 17.1. The number of ether oxygens (including phenoxy) is 1. The van der Waals surface area contributed by atoms with Gasteiger partial charge in [-0.15, -0.1) is 11.8 Å². The molecule has 0 heterocycles. The van der Waals surface area contributed by atoms with Gasteiger partial charge in [0.15, 0.2) is 0 Å². The Morgan fingerprint density at radius 3 is 2.65 bits per heavy atom. The Labute approximate surface area is 139 Å². The van der Waals surface area contributed by atoms with Crippen molar-refractivity contribution in [3.05, 3.63) is 53.3 Å². The van der Waals surface area contributed by atoms with E-state index in [0.29, 0.717) is 11.4 Å². The maximum atomic E-state index is 12.8. The third kappa shape index (κ3) is 4.89. The number of nitrogens with one attached hydrogen (secondary N) is 1. The van der Waals surface area contributed by atoms with Crippen molar-refractivity contribution in [1.82, 2.24) is 5.32 Å². The second-order valence-electron chi connectivity index (χ2n) is 4.95. The molecule has 2 aromatic rings. The van der Waals surface area contributed by atoms with E-state index in [1.54, 1.807) is 36.0 Å². The molecule has 2 aromatic carbocycles. The summed E-state index contributed by atoms with van der Waals surface area (Å²) in [7, 11) is 0. The summed E-state index contributed by atoms with van der Waals surface area (Å²) in [5.74, 6) is 1.02. The first-order valence-electron chi connectivity index (χ1n) is 7.22. The molecule has 0 aliphatic rings. The van der Waals surface area contributed by atoms with Crippen LogP contribution in [-0.2, 0) is 6.54 Å². The summed E-state index contributed by atoms with van der Waals surface area (Å²) in [6, 6.07) is 9.40. The first-order chi connectivity index (χ1) is 11.0. The molecule has 6 heteroatoms. The molecule has 0 aliphatic carbocycles. The number of amides is 1. The highest BCUT2D eigenvalue weighted by atomic mass is 32.2. The summed E-state index contributed by atoms with van der Waals surface area (Å²) in [4.78, 5) is 12.8. The van der Waals surface area contributed by atoms with Gasteiger partial charge in [0.1, 0.15) is 11.6 Å². The van der Waals surface area contributed by atoms with Gasteiger partial charge in [-0.25, -0.2) is 9.18 Å². The number of thioether (sulfide) groups is 1. The Kier molecular flexibility index (Phi) is 5.87. The van der Waals surface area contributed by atoms with Gasteiger partial charge >= 0.3 is 6.09 Å². The van der Waals surface area contributed by atoms with Gasteiger partial charge in [0.25, 0.3) is 0 Å². The SMILES string of the molecule is CCSc1cc(OC(=O)NCc2ccc(F)cc2)cc(C)c1N. The van der Waals surface area contributed by atoms with E-state index in [2.05, 4.69) is 5.32 Å². The van der Waals surface area contributed by atoms with Crippen LogP contribution in [0.25, 0.3) is 0 Å². The summed E-state index contributed by atoms with van der Waals surface area (Å²) < 4.78 is 18.1. The summed E-state index contributed by atoms with van der Waals surface area (Å²) in [5, 5.41) is 2.63. The van der Waals surface area contributed by atoms with Crippen LogP contribution in [0, 0.1) is 12.7 Å². The molecule has 23 heavy (non-hydrogen) atoms. The third-order valence-electron chi connectivity index (χ3n) is 3.18. The maximum absolute atomic E-state index is 12.8. The lowest BCUT2D eigenvalue weighted by molar-refractivity contribution is 0.200. The number of aryl methyl sites for hydroxylation is 1. The van der Waals surface area contributed by atoms with Crippen LogP contribution < -0.4 is 15.8 Å². The molecule has 0 atom stereocenters. The van der Waals surface area contributed by atoms with Crippen molar-refractivity contribution in [3.8, 4) is 5.75 Å². The number of benzene rings is 2. The van der Waals surface area contributed by atoms with Crippen LogP contribution in [0.5, 0.6) is 5.75 Å². The van der Waals surface area contributed by atoms with Gasteiger partial charge in [-0.1, -0.05) is 19.1 Å². The molecule has 0 fully saturated rings. The second-order valence-corrected chi connectivity index (χ2v) is 6.26. The van der Waals surface area contributed by atoms with Crippen molar-refractivity contribution in [2.24, 2.45) is 0 Å². The monoisotopic (exact) mass is 334 g/mol. The quantitative estimate of drug-likeness (QED) is 0.638. The number of nitrogens with two attached hydrogens (primary N) is 1. The molecule has 0 saturated heterocycles. The molecular weight excluding hydrogens is 315 g/mol. The van der Waals surface area contributed by atoms with E-state index in [0.717, 1.165) is 21.8 Å². The molecule has 0 spiro atoms. The number of hydrogen-bond acceptors (Lipinski definition) is 4. The van der Waals surface area contributed by atoms with Crippen molar-refractivity contribution in [2.45, 2.75) is 25.3 Å². The Hall–Kier alpha value is -2.21. The molecule has 122 valence electrons. The van der Waals surface area contributed by atoms with Gasteiger partial charge in [-0.3, -0.25) is 0 Å². The minimum absolute atomic E-state index is 0.267. The van der Waals surface area contributed by atoms with Crippen molar-refractivity contribution in [1.29, 1.82) is 0 Å². The van der Waals surface area contributed by atoms with Crippen LogP contribution in [0.4, 0.5) is 14.9 Å². The molecule has 0 aliphatic heterocycles. The fourth-order valence-electron chi connectivity index (χ4n) is 1.99. The summed E-state index contributed by atoms with van der Waals surface area (Å²) in [6.45, 7) is 4.17. The molecule has 0 aromatic heterocycles. The van der Waals surface area contributed by atoms with Crippen molar-refractivity contribution in [3.63, 3.8) is 0 Å². The van der Waals surface area contributed by atoms with E-state index in [4.69, 9.17) is 10.5 Å². The number of anilines is 1. The summed E-state index contributed by atoms with van der Waals surface area (Å²) in [5.41, 5.74) is 8.37. The fraction of sp³-hybridized carbons (Fsp3) is 0.235. The summed E-state index contributed by atoms with van der Waals surface area (Å²) >= 11 is 1.60. The number of rotatable bonds is 5. The first-order valence-corrected chi connectivity index (χ1v) is 8.21. The van der Waals surface area contributed by atoms with Crippen molar-refractivity contribution in [2.75, 3.05) is 11.5 Å². The molecule has 3 N–H and O–H groups in total. The van der Waals surface area contributed by atoms with E-state index in [-0.39, 0.29) is 12.4 Å². The molecule has 0 bridgehead atoms. The average Bonchev–Trinajstić information content (AvgIpc) is 2.52. The number of halogens is 1. The van der Waals surface area contributed by atoms with Gasteiger partial charge in [0.05, 0.1) is 0 Å².